The summed E-state index contributed by atoms with van der Waals surface area (Å²) < 4.78 is 0. The molecular weight excluding hydrogens is 250 g/mol. The van der Waals surface area contributed by atoms with Gasteiger partial charge in [0.25, 0.3) is 0 Å². The zero-order chi connectivity index (χ0) is 11.7. The fraction of sp³-hybridized carbons (Fsp3) is 0.500. The first-order chi connectivity index (χ1) is 8.38. The lowest BCUT2D eigenvalue weighted by molar-refractivity contribution is 0.523. The van der Waals surface area contributed by atoms with E-state index in [4.69, 9.17) is 4.98 Å². The lowest BCUT2D eigenvalue weighted by Gasteiger charge is -2.20. The van der Waals surface area contributed by atoms with Crippen molar-refractivity contribution in [3.63, 3.8) is 0 Å². The summed E-state index contributed by atoms with van der Waals surface area (Å²) >= 11 is 3.53. The molecule has 0 bridgehead atoms. The Morgan fingerprint density at radius 2 is 2.47 bits per heavy atom. The van der Waals surface area contributed by atoms with Crippen LogP contribution in [0.4, 0.5) is 0 Å². The molecule has 1 atom stereocenters. The number of thiazole rings is 2. The zero-order valence-corrected chi connectivity index (χ0v) is 11.4. The van der Waals surface area contributed by atoms with Crippen LogP contribution < -0.4 is 5.32 Å². The van der Waals surface area contributed by atoms with Crippen LogP contribution in [0.5, 0.6) is 0 Å². The van der Waals surface area contributed by atoms with Crippen molar-refractivity contribution in [3.8, 4) is 9.88 Å². The zero-order valence-electron chi connectivity index (χ0n) is 9.77. The van der Waals surface area contributed by atoms with E-state index in [1.54, 1.807) is 11.3 Å². The molecule has 0 aliphatic heterocycles. The third kappa shape index (κ3) is 2.14. The second-order valence-corrected chi connectivity index (χ2v) is 6.31. The van der Waals surface area contributed by atoms with Crippen molar-refractivity contribution < 1.29 is 0 Å². The fourth-order valence-electron chi connectivity index (χ4n) is 2.38. The molecule has 1 aliphatic carbocycles. The van der Waals surface area contributed by atoms with E-state index in [1.807, 2.05) is 30.1 Å². The molecule has 0 fully saturated rings. The molecule has 5 heteroatoms. The average molecular weight is 265 g/mol. The number of nitrogens with zero attached hydrogens (tertiary/aromatic N) is 2. The quantitative estimate of drug-likeness (QED) is 0.927. The maximum absolute atomic E-state index is 4.84. The third-order valence-electron chi connectivity index (χ3n) is 3.16. The smallest absolute Gasteiger partial charge is 0.135 e. The van der Waals surface area contributed by atoms with E-state index in [0.29, 0.717) is 5.92 Å². The maximum Gasteiger partial charge on any atom is 0.135 e. The molecule has 2 aromatic heterocycles. The van der Waals surface area contributed by atoms with Crippen LogP contribution in [0.25, 0.3) is 9.88 Å². The van der Waals surface area contributed by atoms with E-state index >= 15 is 0 Å². The molecule has 0 aromatic carbocycles. The van der Waals surface area contributed by atoms with Gasteiger partial charge in [0, 0.05) is 23.5 Å². The standard InChI is InChI=1S/C12H15N3S2/c1-13-5-8-3-2-4-9-11(8)15-12(17-9)10-6-14-7-16-10/h6-8,13H,2-5H2,1H3. The van der Waals surface area contributed by atoms with Gasteiger partial charge in [-0.15, -0.1) is 22.7 Å². The van der Waals surface area contributed by atoms with Gasteiger partial charge in [-0.2, -0.15) is 0 Å². The first-order valence-electron chi connectivity index (χ1n) is 5.91. The van der Waals surface area contributed by atoms with Gasteiger partial charge in [-0.05, 0) is 26.3 Å². The van der Waals surface area contributed by atoms with Gasteiger partial charge in [0.2, 0.25) is 0 Å². The number of rotatable bonds is 3. The Labute approximate surface area is 109 Å². The number of aromatic nitrogens is 2. The monoisotopic (exact) mass is 265 g/mol. The van der Waals surface area contributed by atoms with Gasteiger partial charge in [0.05, 0.1) is 16.1 Å². The Hall–Kier alpha value is -0.780. The molecule has 2 aromatic rings. The summed E-state index contributed by atoms with van der Waals surface area (Å²) in [6, 6.07) is 0. The van der Waals surface area contributed by atoms with Gasteiger partial charge in [0.1, 0.15) is 5.01 Å². The van der Waals surface area contributed by atoms with Crippen LogP contribution >= 0.6 is 22.7 Å². The van der Waals surface area contributed by atoms with Crippen LogP contribution in [0.2, 0.25) is 0 Å². The number of likely N-dealkylation sites (N-methyl/N-ethyl adjacent to an activating group) is 1. The van der Waals surface area contributed by atoms with Gasteiger partial charge in [0.15, 0.2) is 0 Å². The van der Waals surface area contributed by atoms with Crippen molar-refractivity contribution in [2.75, 3.05) is 13.6 Å². The van der Waals surface area contributed by atoms with Crippen molar-refractivity contribution >= 4 is 22.7 Å². The first-order valence-corrected chi connectivity index (χ1v) is 7.61. The van der Waals surface area contributed by atoms with Gasteiger partial charge in [-0.3, -0.25) is 4.98 Å². The van der Waals surface area contributed by atoms with Gasteiger partial charge in [-0.1, -0.05) is 0 Å². The number of hydrogen-bond donors (Lipinski definition) is 1. The van der Waals surface area contributed by atoms with Gasteiger partial charge in [-0.25, -0.2) is 4.98 Å². The third-order valence-corrected chi connectivity index (χ3v) is 5.24. The van der Waals surface area contributed by atoms with Crippen LogP contribution in [0, 0.1) is 0 Å². The summed E-state index contributed by atoms with van der Waals surface area (Å²) in [7, 11) is 2.02. The van der Waals surface area contributed by atoms with Gasteiger partial charge >= 0.3 is 0 Å². The molecule has 90 valence electrons. The van der Waals surface area contributed by atoms with E-state index in [0.717, 1.165) is 11.6 Å². The van der Waals surface area contributed by atoms with E-state index in [2.05, 4.69) is 10.3 Å². The summed E-state index contributed by atoms with van der Waals surface area (Å²) in [6.45, 7) is 1.04. The Kier molecular flexibility index (Phi) is 3.22. The van der Waals surface area contributed by atoms with Gasteiger partial charge < -0.3 is 5.32 Å². The normalized spacial score (nSPS) is 19.2. The summed E-state index contributed by atoms with van der Waals surface area (Å²) in [4.78, 5) is 11.7. The lowest BCUT2D eigenvalue weighted by atomic mass is 9.91. The van der Waals surface area contributed by atoms with Crippen LogP contribution in [0.1, 0.15) is 29.3 Å². The summed E-state index contributed by atoms with van der Waals surface area (Å²) in [5.41, 5.74) is 3.21. The van der Waals surface area contributed by atoms with E-state index in [-0.39, 0.29) is 0 Å². The number of fused-ring (bicyclic) bond motifs is 1. The minimum Gasteiger partial charge on any atom is -0.319 e. The van der Waals surface area contributed by atoms with E-state index in [9.17, 15) is 0 Å². The second kappa shape index (κ2) is 4.84. The number of aryl methyl sites for hydroxylation is 1. The molecule has 1 N–H and O–H groups in total. The molecule has 1 unspecified atom stereocenters. The molecule has 0 saturated carbocycles. The molecule has 0 spiro atoms. The van der Waals surface area contributed by atoms with Crippen LogP contribution in [0.3, 0.4) is 0 Å². The Bertz CT molecular complexity index is 490. The minimum atomic E-state index is 0.599. The number of nitrogens with one attached hydrogen (secondary N) is 1. The Balaban J connectivity index is 1.96. The molecule has 0 radical (unpaired) electrons. The molecule has 0 saturated heterocycles. The highest BCUT2D eigenvalue weighted by atomic mass is 32.1. The van der Waals surface area contributed by atoms with Crippen molar-refractivity contribution in [1.82, 2.24) is 15.3 Å². The summed E-state index contributed by atoms with van der Waals surface area (Å²) in [5, 5.41) is 4.43. The molecule has 17 heavy (non-hydrogen) atoms. The first kappa shape index (κ1) is 11.3. The van der Waals surface area contributed by atoms with Crippen LogP contribution in [0.15, 0.2) is 11.7 Å². The summed E-state index contributed by atoms with van der Waals surface area (Å²) in [5.74, 6) is 0.599. The Morgan fingerprint density at radius 3 is 3.24 bits per heavy atom. The highest BCUT2D eigenvalue weighted by Crippen LogP contribution is 2.38. The van der Waals surface area contributed by atoms with Crippen LogP contribution in [-0.2, 0) is 6.42 Å². The topological polar surface area (TPSA) is 37.8 Å². The van der Waals surface area contributed by atoms with Crippen molar-refractivity contribution in [2.45, 2.75) is 25.2 Å². The SMILES string of the molecule is CNCC1CCCc2sc(-c3cncs3)nc21. The molecular formula is C12H15N3S2. The maximum atomic E-state index is 4.84. The van der Waals surface area contributed by atoms with E-state index in [1.165, 1.54) is 34.7 Å². The lowest BCUT2D eigenvalue weighted by Crippen LogP contribution is -2.20. The van der Waals surface area contributed by atoms with Crippen molar-refractivity contribution in [1.29, 1.82) is 0 Å². The molecule has 2 heterocycles. The molecule has 1 aliphatic rings. The average Bonchev–Trinajstić information content (AvgIpc) is 2.98. The largest absolute Gasteiger partial charge is 0.319 e. The number of hydrogen-bond acceptors (Lipinski definition) is 5. The fourth-order valence-corrected chi connectivity index (χ4v) is 4.25. The highest BCUT2D eigenvalue weighted by Gasteiger charge is 2.24. The van der Waals surface area contributed by atoms with E-state index < -0.39 is 0 Å². The highest BCUT2D eigenvalue weighted by molar-refractivity contribution is 7.20. The summed E-state index contributed by atoms with van der Waals surface area (Å²) in [6.07, 6.45) is 5.68. The van der Waals surface area contributed by atoms with Crippen molar-refractivity contribution in [2.24, 2.45) is 0 Å². The van der Waals surface area contributed by atoms with Crippen molar-refractivity contribution in [3.05, 3.63) is 22.3 Å². The molecule has 3 rings (SSSR count). The second-order valence-electron chi connectivity index (χ2n) is 4.34. The minimum absolute atomic E-state index is 0.599. The predicted octanol–water partition coefficient (Wildman–Crippen LogP) is 2.91. The van der Waals surface area contributed by atoms with Crippen LogP contribution in [-0.4, -0.2) is 23.6 Å². The molecule has 0 amide bonds. The molecule has 3 nitrogen and oxygen atoms in total. The Morgan fingerprint density at radius 1 is 1.53 bits per heavy atom. The predicted molar refractivity (Wildman–Crippen MR) is 72.8 cm³/mol.